The van der Waals surface area contributed by atoms with Crippen LogP contribution >= 0.6 is 23.5 Å². The predicted molar refractivity (Wildman–Crippen MR) is 118 cm³/mol. The van der Waals surface area contributed by atoms with Gasteiger partial charge in [0.15, 0.2) is 0 Å². The normalized spacial score (nSPS) is 26.4. The molecule has 0 aromatic heterocycles. The molecular weight excluding hydrogens is 366 g/mol. The highest BCUT2D eigenvalue weighted by atomic mass is 32.2. The lowest BCUT2D eigenvalue weighted by Crippen LogP contribution is -2.40. The van der Waals surface area contributed by atoms with Gasteiger partial charge in [-0.05, 0) is 34.6 Å². The molecule has 3 aromatic carbocycles. The van der Waals surface area contributed by atoms with Crippen LogP contribution in [0, 0.1) is 0 Å². The van der Waals surface area contributed by atoms with Crippen molar-refractivity contribution in [3.8, 4) is 0 Å². The van der Waals surface area contributed by atoms with Gasteiger partial charge in [-0.25, -0.2) is 0 Å². The van der Waals surface area contributed by atoms with E-state index in [1.807, 2.05) is 0 Å². The Morgan fingerprint density at radius 2 is 1.19 bits per heavy atom. The number of nitrogens with one attached hydrogen (secondary N) is 1. The van der Waals surface area contributed by atoms with E-state index in [0.29, 0.717) is 6.04 Å². The molecule has 0 saturated carbocycles. The third-order valence-electron chi connectivity index (χ3n) is 5.66. The van der Waals surface area contributed by atoms with Gasteiger partial charge >= 0.3 is 0 Å². The summed E-state index contributed by atoms with van der Waals surface area (Å²) in [6, 6.07) is 33.5. The van der Waals surface area contributed by atoms with Crippen LogP contribution in [0.4, 0.5) is 0 Å². The molecular formula is C24H23NS2. The molecule has 3 heteroatoms. The maximum absolute atomic E-state index is 3.98. The molecule has 2 saturated heterocycles. The molecule has 1 nitrogen and oxygen atoms in total. The number of rotatable bonds is 4. The first-order valence-corrected chi connectivity index (χ1v) is 11.6. The number of hydrogen-bond acceptors (Lipinski definition) is 3. The summed E-state index contributed by atoms with van der Waals surface area (Å²) in [5.74, 6) is 2.42. The van der Waals surface area contributed by atoms with Gasteiger partial charge in [0.05, 0.1) is 11.6 Å². The van der Waals surface area contributed by atoms with Crippen LogP contribution < -0.4 is 5.32 Å². The molecule has 3 aromatic rings. The predicted octanol–water partition coefficient (Wildman–Crippen LogP) is 5.95. The van der Waals surface area contributed by atoms with Crippen LogP contribution in [-0.4, -0.2) is 11.5 Å². The zero-order chi connectivity index (χ0) is 18.2. The van der Waals surface area contributed by atoms with Gasteiger partial charge in [0.2, 0.25) is 0 Å². The second kappa shape index (κ2) is 7.05. The Balaban J connectivity index is 1.70. The molecule has 0 aliphatic carbocycles. The molecule has 27 heavy (non-hydrogen) atoms. The van der Waals surface area contributed by atoms with Gasteiger partial charge in [0, 0.05) is 0 Å². The molecule has 2 atom stereocenters. The fourth-order valence-corrected chi connectivity index (χ4v) is 8.22. The van der Waals surface area contributed by atoms with E-state index in [0.717, 1.165) is 0 Å². The van der Waals surface area contributed by atoms with E-state index in [1.165, 1.54) is 34.6 Å². The molecule has 2 aliphatic rings. The Morgan fingerprint density at radius 3 is 1.78 bits per heavy atom. The highest BCUT2D eigenvalue weighted by Gasteiger charge is 2.69. The minimum atomic E-state index is -0.0906. The first-order valence-electron chi connectivity index (χ1n) is 9.58. The van der Waals surface area contributed by atoms with E-state index < -0.39 is 0 Å². The summed E-state index contributed by atoms with van der Waals surface area (Å²) < 4.78 is -0.0195. The van der Waals surface area contributed by atoms with E-state index in [9.17, 15) is 0 Å². The molecule has 2 unspecified atom stereocenters. The van der Waals surface area contributed by atoms with E-state index in [2.05, 4.69) is 120 Å². The first kappa shape index (κ1) is 17.4. The quantitative estimate of drug-likeness (QED) is 0.557. The summed E-state index contributed by atoms with van der Waals surface area (Å²) in [4.78, 5) is 0. The fraction of sp³-hybridized carbons (Fsp3) is 0.250. The first-order chi connectivity index (χ1) is 13.4. The topological polar surface area (TPSA) is 21.9 Å². The van der Waals surface area contributed by atoms with Crippen LogP contribution in [0.1, 0.15) is 29.2 Å². The molecule has 0 amide bonds. The Morgan fingerprint density at radius 1 is 0.667 bits per heavy atom. The molecule has 0 bridgehead atoms. The van der Waals surface area contributed by atoms with Gasteiger partial charge in [0.1, 0.15) is 4.08 Å². The van der Waals surface area contributed by atoms with Crippen LogP contribution in [-0.2, 0) is 9.62 Å². The Bertz CT molecular complexity index is 891. The summed E-state index contributed by atoms with van der Waals surface area (Å²) in [5, 5.41) is 3.98. The van der Waals surface area contributed by atoms with Crippen molar-refractivity contribution in [2.45, 2.75) is 22.1 Å². The van der Waals surface area contributed by atoms with E-state index >= 15 is 0 Å². The number of hydrogen-bond donors (Lipinski definition) is 1. The average Bonchev–Trinajstić information content (AvgIpc) is 3.54. The number of thioether (sulfide) groups is 2. The number of benzene rings is 3. The molecule has 136 valence electrons. The smallest absolute Gasteiger partial charge is 0.110 e. The average molecular weight is 390 g/mol. The Hall–Kier alpha value is -1.68. The van der Waals surface area contributed by atoms with Crippen molar-refractivity contribution in [2.24, 2.45) is 0 Å². The van der Waals surface area contributed by atoms with Crippen LogP contribution in [0.5, 0.6) is 0 Å². The molecule has 2 fully saturated rings. The maximum atomic E-state index is 3.98. The zero-order valence-electron chi connectivity index (χ0n) is 15.2. The van der Waals surface area contributed by atoms with Gasteiger partial charge in [-0.2, -0.15) is 0 Å². The summed E-state index contributed by atoms with van der Waals surface area (Å²) in [6.07, 6.45) is 1.28. The van der Waals surface area contributed by atoms with Gasteiger partial charge < -0.3 is 0 Å². The zero-order valence-corrected chi connectivity index (χ0v) is 16.8. The van der Waals surface area contributed by atoms with Crippen LogP contribution in [0.25, 0.3) is 0 Å². The molecule has 2 aliphatic heterocycles. The highest BCUT2D eigenvalue weighted by Crippen LogP contribution is 2.70. The second-order valence-electron chi connectivity index (χ2n) is 7.20. The van der Waals surface area contributed by atoms with Crippen molar-refractivity contribution in [2.75, 3.05) is 11.5 Å². The minimum absolute atomic E-state index is 0.0195. The SMILES string of the molecule is c1ccc(C2NC2(c2ccccc2)C2(c3ccccc3)SCCCS2)cc1. The Kier molecular flexibility index (Phi) is 4.55. The molecule has 0 radical (unpaired) electrons. The third kappa shape index (κ3) is 2.75. The minimum Gasteiger partial charge on any atom is -0.295 e. The van der Waals surface area contributed by atoms with Gasteiger partial charge in [0.25, 0.3) is 0 Å². The summed E-state index contributed by atoms with van der Waals surface area (Å²) in [5.41, 5.74) is 4.11. The van der Waals surface area contributed by atoms with E-state index in [-0.39, 0.29) is 9.62 Å². The monoisotopic (exact) mass is 389 g/mol. The van der Waals surface area contributed by atoms with Crippen molar-refractivity contribution in [1.29, 1.82) is 0 Å². The lowest BCUT2D eigenvalue weighted by Gasteiger charge is -2.43. The van der Waals surface area contributed by atoms with Crippen molar-refractivity contribution in [1.82, 2.24) is 5.32 Å². The molecule has 5 rings (SSSR count). The summed E-state index contributed by atoms with van der Waals surface area (Å²) in [7, 11) is 0. The second-order valence-corrected chi connectivity index (χ2v) is 10.1. The molecule has 0 spiro atoms. The highest BCUT2D eigenvalue weighted by molar-refractivity contribution is 8.18. The molecule has 2 heterocycles. The van der Waals surface area contributed by atoms with Gasteiger partial charge in [-0.1, -0.05) is 91.0 Å². The van der Waals surface area contributed by atoms with Crippen molar-refractivity contribution >= 4 is 23.5 Å². The Labute approximate surface area is 170 Å². The van der Waals surface area contributed by atoms with E-state index in [1.54, 1.807) is 0 Å². The van der Waals surface area contributed by atoms with Crippen LogP contribution in [0.3, 0.4) is 0 Å². The lowest BCUT2D eigenvalue weighted by atomic mass is 9.85. The third-order valence-corrected chi connectivity index (χ3v) is 9.28. The summed E-state index contributed by atoms with van der Waals surface area (Å²) in [6.45, 7) is 0. The van der Waals surface area contributed by atoms with Crippen LogP contribution in [0.15, 0.2) is 91.0 Å². The van der Waals surface area contributed by atoms with Gasteiger partial charge in [-0.15, -0.1) is 23.5 Å². The van der Waals surface area contributed by atoms with Crippen molar-refractivity contribution in [3.63, 3.8) is 0 Å². The maximum Gasteiger partial charge on any atom is 0.110 e. The van der Waals surface area contributed by atoms with Gasteiger partial charge in [-0.3, -0.25) is 5.32 Å². The van der Waals surface area contributed by atoms with Crippen molar-refractivity contribution in [3.05, 3.63) is 108 Å². The molecule has 1 N–H and O–H groups in total. The largest absolute Gasteiger partial charge is 0.295 e. The fourth-order valence-electron chi connectivity index (χ4n) is 4.40. The lowest BCUT2D eigenvalue weighted by molar-refractivity contribution is 0.584. The standard InChI is InChI=1S/C24H23NS2/c1-4-11-19(12-5-1)22-23(25-22,20-13-6-2-7-14-20)24(26-17-10-18-27-24)21-15-8-3-9-16-21/h1-9,11-16,22,25H,10,17-18H2. The van der Waals surface area contributed by atoms with Crippen molar-refractivity contribution < 1.29 is 0 Å². The van der Waals surface area contributed by atoms with E-state index in [4.69, 9.17) is 0 Å². The summed E-state index contributed by atoms with van der Waals surface area (Å²) >= 11 is 4.25. The van der Waals surface area contributed by atoms with Crippen LogP contribution in [0.2, 0.25) is 0 Å².